The minimum atomic E-state index is -3.34. The van der Waals surface area contributed by atoms with Gasteiger partial charge in [0.05, 0.1) is 44.0 Å². The van der Waals surface area contributed by atoms with Gasteiger partial charge in [0, 0.05) is 55.1 Å². The third kappa shape index (κ3) is 8.33. The summed E-state index contributed by atoms with van der Waals surface area (Å²) in [5, 5.41) is 0.747. The lowest BCUT2D eigenvalue weighted by Gasteiger charge is -2.46. The summed E-state index contributed by atoms with van der Waals surface area (Å²) in [5.41, 5.74) is 3.48. The number of aryl methyl sites for hydroxylation is 1. The zero-order valence-electron chi connectivity index (χ0n) is 29.7. The number of nitrogens with one attached hydrogen (secondary N) is 1. The van der Waals surface area contributed by atoms with Gasteiger partial charge >= 0.3 is 0 Å². The molecule has 2 aromatic carbocycles. The predicted octanol–water partition coefficient (Wildman–Crippen LogP) is 5.96. The first-order chi connectivity index (χ1) is 24.7. The number of hydrogen-bond donors (Lipinski definition) is 1. The standard InChI is InChI=1S/C39H51ClN4O6S/c1-2-37(45)41-51(47)22-5-3-4-8-35(49-21-18-43-16-19-48-20-17-43)32-12-9-30(32)25-44-26-39(15-6-7-28-23-31(40)11-13-33(28)39)27-50-36-14-10-29(24-34(36)44)38(46)42-51/h4,8,10-11,13-14,23-24,30,32,35H,2-3,5-7,9,12,15-22,25-27H2,1H3,(H,41,42,45,46,47)/b8-4+/t30-,32+,35-,39-,51+/m0/s1. The average molecular weight is 739 g/mol. The number of carbonyl (C=O) groups excluding carboxylic acids is 2. The molecule has 2 aromatic rings. The van der Waals surface area contributed by atoms with Gasteiger partial charge in [-0.3, -0.25) is 19.2 Å². The van der Waals surface area contributed by atoms with Gasteiger partial charge in [0.25, 0.3) is 5.91 Å². The predicted molar refractivity (Wildman–Crippen MR) is 200 cm³/mol. The van der Waals surface area contributed by atoms with Crippen molar-refractivity contribution in [3.63, 3.8) is 0 Å². The van der Waals surface area contributed by atoms with Gasteiger partial charge in [-0.25, -0.2) is 4.21 Å². The first-order valence-corrected chi connectivity index (χ1v) is 20.8. The van der Waals surface area contributed by atoms with Crippen molar-refractivity contribution in [2.45, 2.75) is 69.8 Å². The van der Waals surface area contributed by atoms with E-state index in [1.54, 1.807) is 13.0 Å². The van der Waals surface area contributed by atoms with Crippen LogP contribution in [0.5, 0.6) is 5.75 Å². The molecule has 12 heteroatoms. The summed E-state index contributed by atoms with van der Waals surface area (Å²) in [6.07, 6.45) is 10.7. The number of ether oxygens (including phenoxy) is 3. The van der Waals surface area contributed by atoms with E-state index in [1.807, 2.05) is 18.2 Å². The van der Waals surface area contributed by atoms with E-state index >= 15 is 0 Å². The van der Waals surface area contributed by atoms with E-state index in [9.17, 15) is 13.8 Å². The molecule has 3 heterocycles. The van der Waals surface area contributed by atoms with Gasteiger partial charge in [-0.15, -0.1) is 4.36 Å². The molecule has 2 amide bonds. The van der Waals surface area contributed by atoms with Crippen LogP contribution >= 0.6 is 11.6 Å². The van der Waals surface area contributed by atoms with Gasteiger partial charge < -0.3 is 19.1 Å². The van der Waals surface area contributed by atoms with Crippen molar-refractivity contribution < 1.29 is 28.0 Å². The second-order valence-electron chi connectivity index (χ2n) is 14.8. The fourth-order valence-corrected chi connectivity index (χ4v) is 10.3. The summed E-state index contributed by atoms with van der Waals surface area (Å²) in [5.74, 6) is 0.530. The van der Waals surface area contributed by atoms with Gasteiger partial charge in [0.2, 0.25) is 5.91 Å². The van der Waals surface area contributed by atoms with Crippen molar-refractivity contribution >= 4 is 39.0 Å². The monoisotopic (exact) mass is 738 g/mol. The third-order valence-electron chi connectivity index (χ3n) is 11.4. The molecular formula is C39H51ClN4O6S. The number of morpholine rings is 1. The average Bonchev–Trinajstić information content (AvgIpc) is 3.26. The first kappa shape index (κ1) is 36.4. The molecule has 276 valence electrons. The molecule has 0 radical (unpaired) electrons. The largest absolute Gasteiger partial charge is 0.490 e. The Morgan fingerprint density at radius 3 is 2.82 bits per heavy atom. The molecule has 1 saturated carbocycles. The molecule has 3 aliphatic heterocycles. The number of allylic oxidation sites excluding steroid dienone is 1. The van der Waals surface area contributed by atoms with Gasteiger partial charge in [-0.2, -0.15) is 0 Å². The number of amides is 2. The van der Waals surface area contributed by atoms with E-state index in [2.05, 4.69) is 43.2 Å². The van der Waals surface area contributed by atoms with Crippen LogP contribution in [0.1, 0.15) is 73.4 Å². The maximum absolute atomic E-state index is 14.0. The zero-order valence-corrected chi connectivity index (χ0v) is 31.2. The number of benzene rings is 2. The van der Waals surface area contributed by atoms with Gasteiger partial charge in [-0.05, 0) is 98.2 Å². The molecule has 1 spiro atoms. The molecule has 5 atom stereocenters. The molecule has 2 aliphatic carbocycles. The highest BCUT2D eigenvalue weighted by atomic mass is 35.5. The lowest BCUT2D eigenvalue weighted by Crippen LogP contribution is -2.50. The first-order valence-electron chi connectivity index (χ1n) is 18.7. The van der Waals surface area contributed by atoms with E-state index in [0.717, 1.165) is 94.5 Å². The summed E-state index contributed by atoms with van der Waals surface area (Å²) in [7, 11) is -3.34. The second-order valence-corrected chi connectivity index (χ2v) is 17.3. The van der Waals surface area contributed by atoms with Crippen molar-refractivity contribution in [1.82, 2.24) is 9.62 Å². The van der Waals surface area contributed by atoms with Crippen molar-refractivity contribution in [1.29, 1.82) is 0 Å². The van der Waals surface area contributed by atoms with Crippen LogP contribution < -0.4 is 14.4 Å². The normalized spacial score (nSPS) is 30.5. The van der Waals surface area contributed by atoms with Crippen molar-refractivity contribution in [3.05, 3.63) is 70.3 Å². The number of carbonyl (C=O) groups is 2. The molecule has 0 aromatic heterocycles. The van der Waals surface area contributed by atoms with Crippen molar-refractivity contribution in [2.75, 3.05) is 69.8 Å². The van der Waals surface area contributed by atoms with E-state index < -0.39 is 21.7 Å². The molecule has 51 heavy (non-hydrogen) atoms. The van der Waals surface area contributed by atoms with Crippen LogP contribution in [0.4, 0.5) is 5.69 Å². The maximum Gasteiger partial charge on any atom is 0.286 e. The van der Waals surface area contributed by atoms with Crippen LogP contribution in [-0.2, 0) is 36.0 Å². The van der Waals surface area contributed by atoms with Crippen LogP contribution in [0.15, 0.2) is 52.9 Å². The van der Waals surface area contributed by atoms with Crippen molar-refractivity contribution in [2.24, 2.45) is 16.2 Å². The highest BCUT2D eigenvalue weighted by Gasteiger charge is 2.44. The fraction of sp³-hybridized carbons (Fsp3) is 0.590. The Kier molecular flexibility index (Phi) is 11.4. The minimum Gasteiger partial charge on any atom is -0.490 e. The molecule has 2 fully saturated rings. The Hall–Kier alpha value is -2.96. The quantitative estimate of drug-likeness (QED) is 0.362. The van der Waals surface area contributed by atoms with E-state index in [4.69, 9.17) is 25.8 Å². The number of anilines is 1. The van der Waals surface area contributed by atoms with Crippen LogP contribution in [0.3, 0.4) is 0 Å². The van der Waals surface area contributed by atoms with Crippen LogP contribution in [0.25, 0.3) is 0 Å². The third-order valence-corrected chi connectivity index (χ3v) is 13.5. The molecule has 5 aliphatic rings. The molecular weight excluding hydrogens is 688 g/mol. The molecule has 7 rings (SSSR count). The molecule has 10 nitrogen and oxygen atoms in total. The molecule has 2 bridgehead atoms. The molecule has 0 unspecified atom stereocenters. The van der Waals surface area contributed by atoms with E-state index in [0.29, 0.717) is 43.5 Å². The highest BCUT2D eigenvalue weighted by Crippen LogP contribution is 2.47. The van der Waals surface area contributed by atoms with E-state index in [1.165, 1.54) is 11.1 Å². The SMILES string of the molecule is CCC(=O)N[S@@]1(=O)=NC(=O)c2ccc3c(c2)N(C[C@@H]2CC[C@H]2[C@@H](OCCN2CCOCC2)/C=C/CCC1)C[C@@]1(CCCc2cc(Cl)ccc21)CO3. The zero-order chi connectivity index (χ0) is 35.4. The van der Waals surface area contributed by atoms with Crippen LogP contribution in [-0.4, -0.2) is 91.9 Å². The highest BCUT2D eigenvalue weighted by molar-refractivity contribution is 7.92. The van der Waals surface area contributed by atoms with Crippen LogP contribution in [0, 0.1) is 11.8 Å². The Morgan fingerprint density at radius 2 is 2.02 bits per heavy atom. The summed E-state index contributed by atoms with van der Waals surface area (Å²) >= 11 is 6.48. The number of halogens is 1. The Balaban J connectivity index is 1.24. The number of rotatable bonds is 6. The fourth-order valence-electron chi connectivity index (χ4n) is 8.43. The number of hydrogen-bond acceptors (Lipinski definition) is 8. The van der Waals surface area contributed by atoms with E-state index in [-0.39, 0.29) is 23.7 Å². The van der Waals surface area contributed by atoms with Gasteiger partial charge in [0.15, 0.2) is 0 Å². The number of fused-ring (bicyclic) bond motifs is 4. The minimum absolute atomic E-state index is 0.0475. The summed E-state index contributed by atoms with van der Waals surface area (Å²) in [4.78, 5) is 31.0. The Bertz CT molecular complexity index is 1750. The lowest BCUT2D eigenvalue weighted by atomic mass is 9.68. The van der Waals surface area contributed by atoms with Gasteiger partial charge in [-0.1, -0.05) is 36.7 Å². The Labute approximate surface area is 307 Å². The molecule has 1 N–H and O–H groups in total. The van der Waals surface area contributed by atoms with Crippen molar-refractivity contribution in [3.8, 4) is 5.75 Å². The summed E-state index contributed by atoms with van der Waals surface area (Å²) < 4.78 is 39.7. The molecule has 1 saturated heterocycles. The lowest BCUT2D eigenvalue weighted by molar-refractivity contribution is -0.118. The van der Waals surface area contributed by atoms with Gasteiger partial charge in [0.1, 0.15) is 15.7 Å². The second kappa shape index (κ2) is 16.0. The summed E-state index contributed by atoms with van der Waals surface area (Å²) in [6.45, 7) is 8.61. The summed E-state index contributed by atoms with van der Waals surface area (Å²) in [6, 6.07) is 11.7. The Morgan fingerprint density at radius 1 is 1.16 bits per heavy atom. The maximum atomic E-state index is 14.0. The number of nitrogens with zero attached hydrogens (tertiary/aromatic N) is 3. The van der Waals surface area contributed by atoms with Crippen LogP contribution in [0.2, 0.25) is 5.02 Å². The smallest absolute Gasteiger partial charge is 0.286 e. The topological polar surface area (TPSA) is 110 Å².